The monoisotopic (exact) mass is 302 g/mol. The van der Waals surface area contributed by atoms with Gasteiger partial charge in [-0.1, -0.05) is 19.1 Å². The predicted molar refractivity (Wildman–Crippen MR) is 75.1 cm³/mol. The number of ether oxygens (including phenoxy) is 1. The number of hydrogen-bond acceptors (Lipinski definition) is 3. The minimum Gasteiger partial charge on any atom is -0.406 e. The van der Waals surface area contributed by atoms with Crippen molar-refractivity contribution in [2.24, 2.45) is 5.41 Å². The molecule has 1 aliphatic rings. The smallest absolute Gasteiger partial charge is 0.406 e. The molecule has 1 atom stereocenters. The molecule has 1 aromatic rings. The van der Waals surface area contributed by atoms with E-state index in [1.807, 2.05) is 7.05 Å². The lowest BCUT2D eigenvalue weighted by molar-refractivity contribution is -0.274. The van der Waals surface area contributed by atoms with Crippen molar-refractivity contribution >= 4 is 0 Å². The molecule has 0 spiro atoms. The van der Waals surface area contributed by atoms with Gasteiger partial charge in [-0.15, -0.1) is 13.2 Å². The lowest BCUT2D eigenvalue weighted by Gasteiger charge is -2.29. The largest absolute Gasteiger partial charge is 0.573 e. The summed E-state index contributed by atoms with van der Waals surface area (Å²) >= 11 is 0. The van der Waals surface area contributed by atoms with Crippen LogP contribution in [0, 0.1) is 5.41 Å². The molecule has 21 heavy (non-hydrogen) atoms. The maximum Gasteiger partial charge on any atom is 0.573 e. The average Bonchev–Trinajstić information content (AvgIpc) is 2.76. The summed E-state index contributed by atoms with van der Waals surface area (Å²) in [6.07, 6.45) is -3.49. The molecule has 1 fully saturated rings. The van der Waals surface area contributed by atoms with Crippen LogP contribution in [-0.2, 0) is 6.54 Å². The first-order chi connectivity index (χ1) is 9.76. The molecular formula is C15H21F3N2O. The van der Waals surface area contributed by atoms with Crippen LogP contribution in [0.3, 0.4) is 0 Å². The molecule has 118 valence electrons. The van der Waals surface area contributed by atoms with Crippen LogP contribution in [0.1, 0.15) is 18.9 Å². The Morgan fingerprint density at radius 1 is 1.29 bits per heavy atom. The normalized spacial score (nSPS) is 22.8. The minimum absolute atomic E-state index is 0.180. The summed E-state index contributed by atoms with van der Waals surface area (Å²) in [4.78, 5) is 2.20. The van der Waals surface area contributed by atoms with Crippen molar-refractivity contribution in [1.29, 1.82) is 0 Å². The van der Waals surface area contributed by atoms with Crippen LogP contribution in [0.2, 0.25) is 0 Å². The standard InChI is InChI=1S/C15H21F3N2O/c1-14(7-8-19-10-14)11-20(2)9-12-3-5-13(6-4-12)21-15(16,17)18/h3-6,19H,7-11H2,1-2H3. The van der Waals surface area contributed by atoms with Gasteiger partial charge in [-0.3, -0.25) is 0 Å². The summed E-state index contributed by atoms with van der Waals surface area (Å²) in [5, 5.41) is 3.36. The van der Waals surface area contributed by atoms with Crippen molar-refractivity contribution in [3.8, 4) is 5.75 Å². The maximum atomic E-state index is 12.1. The summed E-state index contributed by atoms with van der Waals surface area (Å²) in [6.45, 7) is 5.98. The molecule has 0 aliphatic carbocycles. The number of rotatable bonds is 5. The molecule has 1 unspecified atom stereocenters. The second kappa shape index (κ2) is 6.23. The molecule has 6 heteroatoms. The molecule has 1 aliphatic heterocycles. The highest BCUT2D eigenvalue weighted by Crippen LogP contribution is 2.26. The van der Waals surface area contributed by atoms with E-state index in [-0.39, 0.29) is 11.2 Å². The number of nitrogens with one attached hydrogen (secondary N) is 1. The minimum atomic E-state index is -4.64. The van der Waals surface area contributed by atoms with Gasteiger partial charge in [-0.05, 0) is 43.1 Å². The van der Waals surface area contributed by atoms with Gasteiger partial charge in [0.25, 0.3) is 0 Å². The van der Waals surface area contributed by atoms with Crippen LogP contribution in [0.25, 0.3) is 0 Å². The molecule has 1 heterocycles. The van der Waals surface area contributed by atoms with Crippen LogP contribution in [0.4, 0.5) is 13.2 Å². The van der Waals surface area contributed by atoms with Gasteiger partial charge in [-0.25, -0.2) is 0 Å². The highest BCUT2D eigenvalue weighted by molar-refractivity contribution is 5.27. The number of alkyl halides is 3. The lowest BCUT2D eigenvalue weighted by Crippen LogP contribution is -2.34. The molecule has 0 saturated carbocycles. The zero-order chi connectivity index (χ0) is 15.5. The molecule has 3 nitrogen and oxygen atoms in total. The molecule has 0 aromatic heterocycles. The highest BCUT2D eigenvalue weighted by Gasteiger charge is 2.31. The van der Waals surface area contributed by atoms with Gasteiger partial charge < -0.3 is 15.0 Å². The zero-order valence-corrected chi connectivity index (χ0v) is 12.3. The Bertz CT molecular complexity index is 453. The Labute approximate surface area is 123 Å². The Morgan fingerprint density at radius 3 is 2.48 bits per heavy atom. The summed E-state index contributed by atoms with van der Waals surface area (Å²) < 4.78 is 40.1. The highest BCUT2D eigenvalue weighted by atomic mass is 19.4. The molecule has 0 radical (unpaired) electrons. The Kier molecular flexibility index (Phi) is 4.78. The van der Waals surface area contributed by atoms with Crippen molar-refractivity contribution in [3.05, 3.63) is 29.8 Å². The molecule has 1 aromatic carbocycles. The number of benzene rings is 1. The number of nitrogens with zero attached hydrogens (tertiary/aromatic N) is 1. The van der Waals surface area contributed by atoms with Crippen molar-refractivity contribution < 1.29 is 17.9 Å². The first-order valence-electron chi connectivity index (χ1n) is 7.00. The Hall–Kier alpha value is -1.27. The first-order valence-corrected chi connectivity index (χ1v) is 7.00. The van der Waals surface area contributed by atoms with E-state index in [4.69, 9.17) is 0 Å². The average molecular weight is 302 g/mol. The van der Waals surface area contributed by atoms with Crippen LogP contribution in [-0.4, -0.2) is 37.9 Å². The van der Waals surface area contributed by atoms with Crippen LogP contribution in [0.5, 0.6) is 5.75 Å². The van der Waals surface area contributed by atoms with Gasteiger partial charge in [0.05, 0.1) is 0 Å². The Morgan fingerprint density at radius 2 is 1.95 bits per heavy atom. The van der Waals surface area contributed by atoms with E-state index >= 15 is 0 Å². The van der Waals surface area contributed by atoms with Gasteiger partial charge >= 0.3 is 6.36 Å². The second-order valence-electron chi connectivity index (χ2n) is 6.10. The van der Waals surface area contributed by atoms with Crippen LogP contribution in [0.15, 0.2) is 24.3 Å². The molecule has 0 bridgehead atoms. The van der Waals surface area contributed by atoms with E-state index in [0.29, 0.717) is 6.54 Å². The third kappa shape index (κ3) is 5.21. The third-order valence-corrected chi connectivity index (χ3v) is 3.72. The summed E-state index contributed by atoms with van der Waals surface area (Å²) in [5.74, 6) is -0.180. The van der Waals surface area contributed by atoms with Gasteiger partial charge in [0, 0.05) is 19.6 Å². The topological polar surface area (TPSA) is 24.5 Å². The van der Waals surface area contributed by atoms with Crippen molar-refractivity contribution in [2.75, 3.05) is 26.7 Å². The number of hydrogen-bond donors (Lipinski definition) is 1. The van der Waals surface area contributed by atoms with E-state index in [0.717, 1.165) is 31.6 Å². The van der Waals surface area contributed by atoms with Gasteiger partial charge in [0.2, 0.25) is 0 Å². The van der Waals surface area contributed by atoms with Crippen molar-refractivity contribution in [1.82, 2.24) is 10.2 Å². The van der Waals surface area contributed by atoms with Crippen molar-refractivity contribution in [2.45, 2.75) is 26.3 Å². The van der Waals surface area contributed by atoms with E-state index in [2.05, 4.69) is 21.9 Å². The zero-order valence-electron chi connectivity index (χ0n) is 12.3. The van der Waals surface area contributed by atoms with E-state index < -0.39 is 6.36 Å². The Balaban J connectivity index is 1.87. The SMILES string of the molecule is CN(Cc1ccc(OC(F)(F)F)cc1)CC1(C)CCNC1. The van der Waals surface area contributed by atoms with E-state index in [1.54, 1.807) is 12.1 Å². The molecule has 0 amide bonds. The second-order valence-corrected chi connectivity index (χ2v) is 6.10. The summed E-state index contributed by atoms with van der Waals surface area (Å²) in [5.41, 5.74) is 1.25. The predicted octanol–water partition coefficient (Wildman–Crippen LogP) is 3.02. The first kappa shape index (κ1) is 16.1. The van der Waals surface area contributed by atoms with Crippen LogP contribution < -0.4 is 10.1 Å². The van der Waals surface area contributed by atoms with Crippen LogP contribution >= 0.6 is 0 Å². The molecule has 2 rings (SSSR count). The lowest BCUT2D eigenvalue weighted by atomic mass is 9.89. The van der Waals surface area contributed by atoms with E-state index in [9.17, 15) is 13.2 Å². The quantitative estimate of drug-likeness (QED) is 0.905. The number of halogens is 3. The molecule has 1 N–H and O–H groups in total. The summed E-state index contributed by atoms with van der Waals surface area (Å²) in [6, 6.07) is 6.06. The fraction of sp³-hybridized carbons (Fsp3) is 0.600. The fourth-order valence-electron chi connectivity index (χ4n) is 2.82. The van der Waals surface area contributed by atoms with Gasteiger partial charge in [0.15, 0.2) is 0 Å². The molecular weight excluding hydrogens is 281 g/mol. The summed E-state index contributed by atoms with van der Waals surface area (Å²) in [7, 11) is 2.03. The molecule has 1 saturated heterocycles. The maximum absolute atomic E-state index is 12.1. The van der Waals surface area contributed by atoms with Crippen molar-refractivity contribution in [3.63, 3.8) is 0 Å². The van der Waals surface area contributed by atoms with E-state index in [1.165, 1.54) is 12.1 Å². The fourth-order valence-corrected chi connectivity index (χ4v) is 2.82. The van der Waals surface area contributed by atoms with Gasteiger partial charge in [0.1, 0.15) is 5.75 Å². The third-order valence-electron chi connectivity index (χ3n) is 3.72. The van der Waals surface area contributed by atoms with Gasteiger partial charge in [-0.2, -0.15) is 0 Å².